The van der Waals surface area contributed by atoms with Crippen LogP contribution in [0.15, 0.2) is 18.5 Å². The lowest BCUT2D eigenvalue weighted by molar-refractivity contribution is -0.0363. The fourth-order valence-corrected chi connectivity index (χ4v) is 4.16. The van der Waals surface area contributed by atoms with E-state index in [-0.39, 0.29) is 6.23 Å². The summed E-state index contributed by atoms with van der Waals surface area (Å²) in [5.41, 5.74) is 4.01. The van der Waals surface area contributed by atoms with Gasteiger partial charge in [-0.2, -0.15) is 5.26 Å². The van der Waals surface area contributed by atoms with Gasteiger partial charge in [0.2, 0.25) is 0 Å². The van der Waals surface area contributed by atoms with E-state index < -0.39 is 0 Å². The Morgan fingerprint density at radius 3 is 2.96 bits per heavy atom. The van der Waals surface area contributed by atoms with Crippen LogP contribution in [-0.4, -0.2) is 40.7 Å². The summed E-state index contributed by atoms with van der Waals surface area (Å²) in [6.07, 6.45) is 6.56. The minimum Gasteiger partial charge on any atom is -0.357 e. The minimum atomic E-state index is -0.0512. The van der Waals surface area contributed by atoms with Gasteiger partial charge >= 0.3 is 0 Å². The maximum Gasteiger partial charge on any atom is 0.161 e. The van der Waals surface area contributed by atoms with Crippen molar-refractivity contribution in [2.24, 2.45) is 0 Å². The Balaban J connectivity index is 1.78. The molecule has 0 amide bonds. The first-order chi connectivity index (χ1) is 13.8. The molecule has 9 nitrogen and oxygen atoms in total. The van der Waals surface area contributed by atoms with E-state index in [4.69, 9.17) is 9.72 Å². The average Bonchev–Trinajstić information content (AvgIpc) is 3.25. The van der Waals surface area contributed by atoms with Crippen molar-refractivity contribution >= 4 is 38.9 Å². The zero-order valence-electron chi connectivity index (χ0n) is 15.2. The molecule has 5 aromatic rings. The van der Waals surface area contributed by atoms with Gasteiger partial charge in [-0.05, 0) is 32.3 Å². The second-order valence-corrected chi connectivity index (χ2v) is 7.09. The van der Waals surface area contributed by atoms with Gasteiger partial charge in [-0.25, -0.2) is 19.9 Å². The number of nitrogens with zero attached hydrogens (tertiary/aromatic N) is 7. The number of aromatic amines is 1. The molecule has 6 heterocycles. The molecule has 28 heavy (non-hydrogen) atoms. The number of fused-ring (bicyclic) bond motifs is 4. The molecule has 1 aliphatic rings. The van der Waals surface area contributed by atoms with Crippen LogP contribution in [0.4, 0.5) is 0 Å². The molecule has 1 unspecified atom stereocenters. The summed E-state index contributed by atoms with van der Waals surface area (Å²) in [6, 6.07) is 4.23. The zero-order valence-corrected chi connectivity index (χ0v) is 15.2. The number of nitrogens with one attached hydrogen (secondary N) is 1. The van der Waals surface area contributed by atoms with Crippen LogP contribution < -0.4 is 0 Å². The smallest absolute Gasteiger partial charge is 0.161 e. The van der Waals surface area contributed by atoms with Gasteiger partial charge in [-0.1, -0.05) is 0 Å². The van der Waals surface area contributed by atoms with Gasteiger partial charge in [0, 0.05) is 19.0 Å². The maximum atomic E-state index is 9.77. The van der Waals surface area contributed by atoms with E-state index in [1.165, 1.54) is 0 Å². The van der Waals surface area contributed by atoms with Gasteiger partial charge in [0.05, 0.1) is 16.3 Å². The molecule has 1 N–H and O–H groups in total. The first kappa shape index (κ1) is 15.5. The number of aryl methyl sites for hydroxylation is 1. The second-order valence-electron chi connectivity index (χ2n) is 7.09. The molecule has 0 spiro atoms. The lowest BCUT2D eigenvalue weighted by atomic mass is 10.2. The molecule has 0 radical (unpaired) electrons. The lowest BCUT2D eigenvalue weighted by Gasteiger charge is -2.24. The summed E-state index contributed by atoms with van der Waals surface area (Å²) in [5.74, 6) is 0.634. The van der Waals surface area contributed by atoms with Crippen molar-refractivity contribution in [3.8, 4) is 6.07 Å². The normalized spacial score (nSPS) is 17.8. The van der Waals surface area contributed by atoms with Crippen LogP contribution in [0.3, 0.4) is 0 Å². The molecular weight excluding hydrogens is 356 g/mol. The topological polar surface area (TPSA) is 110 Å². The minimum absolute atomic E-state index is 0.0512. The van der Waals surface area contributed by atoms with Gasteiger partial charge < -0.3 is 4.74 Å². The predicted molar refractivity (Wildman–Crippen MR) is 102 cm³/mol. The molecule has 0 aliphatic carbocycles. The molecule has 0 aromatic carbocycles. The molecule has 1 fully saturated rings. The number of pyridine rings is 1. The monoisotopic (exact) mass is 372 g/mol. The number of hydrogen-bond acceptors (Lipinski definition) is 6. The van der Waals surface area contributed by atoms with E-state index >= 15 is 0 Å². The average molecular weight is 372 g/mol. The number of nitriles is 1. The van der Waals surface area contributed by atoms with Crippen molar-refractivity contribution in [2.75, 3.05) is 6.61 Å². The van der Waals surface area contributed by atoms with E-state index in [1.54, 1.807) is 12.4 Å². The van der Waals surface area contributed by atoms with Crippen LogP contribution in [0.2, 0.25) is 0 Å². The summed E-state index contributed by atoms with van der Waals surface area (Å²) in [6.45, 7) is 2.58. The van der Waals surface area contributed by atoms with Crippen LogP contribution in [0, 0.1) is 18.3 Å². The molecule has 6 rings (SSSR count). The highest BCUT2D eigenvalue weighted by atomic mass is 16.5. The molecule has 1 aliphatic heterocycles. The Hall–Kier alpha value is -3.51. The van der Waals surface area contributed by atoms with Crippen molar-refractivity contribution in [1.29, 1.82) is 5.26 Å². The highest BCUT2D eigenvalue weighted by Crippen LogP contribution is 2.33. The Morgan fingerprint density at radius 1 is 1.21 bits per heavy atom. The largest absolute Gasteiger partial charge is 0.357 e. The van der Waals surface area contributed by atoms with Gasteiger partial charge in [-0.3, -0.25) is 14.2 Å². The van der Waals surface area contributed by atoms with E-state index in [0.29, 0.717) is 39.4 Å². The summed E-state index contributed by atoms with van der Waals surface area (Å²) < 4.78 is 9.86. The fraction of sp³-hybridized carbons (Fsp3) is 0.316. The summed E-state index contributed by atoms with van der Waals surface area (Å²) in [5, 5.41) is 14.7. The maximum absolute atomic E-state index is 9.77. The molecule has 1 saturated heterocycles. The third-order valence-corrected chi connectivity index (χ3v) is 5.42. The number of rotatable bonds is 1. The van der Waals surface area contributed by atoms with Crippen LogP contribution in [0.5, 0.6) is 0 Å². The van der Waals surface area contributed by atoms with E-state index in [0.717, 1.165) is 36.8 Å². The predicted octanol–water partition coefficient (Wildman–Crippen LogP) is 2.99. The molecule has 138 valence electrons. The Labute approximate surface area is 158 Å². The first-order valence-electron chi connectivity index (χ1n) is 9.30. The van der Waals surface area contributed by atoms with E-state index in [1.807, 2.05) is 22.1 Å². The molecule has 9 heteroatoms. The molecule has 1 atom stereocenters. The van der Waals surface area contributed by atoms with Gasteiger partial charge in [-0.15, -0.1) is 0 Å². The number of aromatic nitrogens is 7. The van der Waals surface area contributed by atoms with Gasteiger partial charge in [0.1, 0.15) is 23.7 Å². The number of ether oxygens (including phenoxy) is 1. The summed E-state index contributed by atoms with van der Waals surface area (Å²) >= 11 is 0. The third-order valence-electron chi connectivity index (χ3n) is 5.42. The molecule has 0 saturated carbocycles. The second kappa shape index (κ2) is 5.50. The van der Waals surface area contributed by atoms with Crippen molar-refractivity contribution in [3.05, 3.63) is 29.8 Å². The number of hydrogen-bond donors (Lipinski definition) is 1. The third kappa shape index (κ3) is 1.92. The van der Waals surface area contributed by atoms with Crippen molar-refractivity contribution < 1.29 is 4.74 Å². The van der Waals surface area contributed by atoms with Gasteiger partial charge in [0.15, 0.2) is 22.6 Å². The van der Waals surface area contributed by atoms with Gasteiger partial charge in [0.25, 0.3) is 0 Å². The zero-order chi connectivity index (χ0) is 18.8. The van der Waals surface area contributed by atoms with E-state index in [9.17, 15) is 5.26 Å². The van der Waals surface area contributed by atoms with Crippen molar-refractivity contribution in [1.82, 2.24) is 34.1 Å². The van der Waals surface area contributed by atoms with Crippen LogP contribution in [-0.2, 0) is 4.74 Å². The van der Waals surface area contributed by atoms with Crippen molar-refractivity contribution in [3.63, 3.8) is 0 Å². The van der Waals surface area contributed by atoms with E-state index in [2.05, 4.69) is 26.1 Å². The van der Waals surface area contributed by atoms with Crippen LogP contribution in [0.1, 0.15) is 36.9 Å². The van der Waals surface area contributed by atoms with Crippen LogP contribution in [0.25, 0.3) is 38.9 Å². The summed E-state index contributed by atoms with van der Waals surface area (Å²) in [7, 11) is 0. The highest BCUT2D eigenvalue weighted by molar-refractivity contribution is 6.07. The van der Waals surface area contributed by atoms with Crippen LogP contribution >= 0.6 is 0 Å². The highest BCUT2D eigenvalue weighted by Gasteiger charge is 2.24. The molecule has 5 aromatic heterocycles. The first-order valence-corrected chi connectivity index (χ1v) is 9.30. The molecular formula is C19H16N8O. The Morgan fingerprint density at radius 2 is 2.14 bits per heavy atom. The number of H-pyrrole nitrogens is 1. The Kier molecular flexibility index (Phi) is 3.05. The molecule has 0 bridgehead atoms. The fourth-order valence-electron chi connectivity index (χ4n) is 4.16. The SMILES string of the molecule is Cc1ncc2c(C#N)c3nc4[nH]n(C5CCCCO5)c5ccnc(c45)n3c2n1. The summed E-state index contributed by atoms with van der Waals surface area (Å²) in [4.78, 5) is 18.2. The Bertz CT molecular complexity index is 1430. The quantitative estimate of drug-likeness (QED) is 0.484. The standard InChI is InChI=1S/C19H16N8O/c1-10-22-9-12-11(8-20)17-24-16-15-13(27(25-16)14-4-2-3-7-28-14)5-6-21-19(15)26(17)18(12)23-10/h5-6,9,14H,2-4,7H2,1H3,(H,24,25). The van der Waals surface area contributed by atoms with Crippen molar-refractivity contribution in [2.45, 2.75) is 32.4 Å². The lowest BCUT2D eigenvalue weighted by Crippen LogP contribution is -2.19.